The lowest BCUT2D eigenvalue weighted by atomic mass is 9.94. The van der Waals surface area contributed by atoms with E-state index in [1.165, 1.54) is 32.6 Å². The minimum atomic E-state index is 0.236. The molecule has 2 rings (SSSR count). The first-order valence-electron chi connectivity index (χ1n) is 7.38. The standard InChI is InChI=1S/C14H30N4/c1-12(2)17-6-5-14(10-15,11-17)18-8-7-16(4)13(3)9-18/h12-13H,5-11,15H2,1-4H3. The van der Waals surface area contributed by atoms with Gasteiger partial charge in [-0.25, -0.2) is 0 Å². The van der Waals surface area contributed by atoms with Crippen LogP contribution in [0, 0.1) is 0 Å². The number of rotatable bonds is 3. The maximum Gasteiger partial charge on any atom is 0.0471 e. The van der Waals surface area contributed by atoms with E-state index in [1.54, 1.807) is 0 Å². The lowest BCUT2D eigenvalue weighted by Crippen LogP contribution is -2.63. The van der Waals surface area contributed by atoms with E-state index in [9.17, 15) is 0 Å². The number of likely N-dealkylation sites (N-methyl/N-ethyl adjacent to an activating group) is 1. The summed E-state index contributed by atoms with van der Waals surface area (Å²) in [6, 6.07) is 1.29. The van der Waals surface area contributed by atoms with Gasteiger partial charge < -0.3 is 10.6 Å². The van der Waals surface area contributed by atoms with Crippen molar-refractivity contribution in [1.29, 1.82) is 0 Å². The van der Waals surface area contributed by atoms with E-state index < -0.39 is 0 Å². The monoisotopic (exact) mass is 254 g/mol. The molecule has 0 aromatic heterocycles. The summed E-state index contributed by atoms with van der Waals surface area (Å²) in [7, 11) is 2.23. The molecule has 0 saturated carbocycles. The molecule has 0 spiro atoms. The molecule has 2 unspecified atom stereocenters. The summed E-state index contributed by atoms with van der Waals surface area (Å²) < 4.78 is 0. The van der Waals surface area contributed by atoms with Gasteiger partial charge in [0.1, 0.15) is 0 Å². The summed E-state index contributed by atoms with van der Waals surface area (Å²) in [4.78, 5) is 7.70. The Morgan fingerprint density at radius 2 is 2.00 bits per heavy atom. The maximum atomic E-state index is 6.16. The van der Waals surface area contributed by atoms with Gasteiger partial charge in [-0.3, -0.25) is 9.80 Å². The molecule has 2 saturated heterocycles. The smallest absolute Gasteiger partial charge is 0.0471 e. The van der Waals surface area contributed by atoms with Gasteiger partial charge in [0.15, 0.2) is 0 Å². The summed E-state index contributed by atoms with van der Waals surface area (Å²) >= 11 is 0. The third kappa shape index (κ3) is 2.57. The molecule has 0 aromatic carbocycles. The Morgan fingerprint density at radius 3 is 2.50 bits per heavy atom. The molecule has 0 aliphatic carbocycles. The highest BCUT2D eigenvalue weighted by molar-refractivity contribution is 5.02. The Morgan fingerprint density at radius 1 is 1.28 bits per heavy atom. The van der Waals surface area contributed by atoms with Crippen molar-refractivity contribution in [3.63, 3.8) is 0 Å². The second kappa shape index (κ2) is 5.45. The Balaban J connectivity index is 2.05. The summed E-state index contributed by atoms with van der Waals surface area (Å²) in [5.74, 6) is 0. The zero-order chi connectivity index (χ0) is 13.3. The molecule has 2 fully saturated rings. The normalized spacial score (nSPS) is 36.7. The number of piperazine rings is 1. The Labute approximate surface area is 112 Å². The predicted molar refractivity (Wildman–Crippen MR) is 76.8 cm³/mol. The van der Waals surface area contributed by atoms with Crippen molar-refractivity contribution >= 4 is 0 Å². The quantitative estimate of drug-likeness (QED) is 0.792. The number of nitrogens with two attached hydrogens (primary N) is 1. The highest BCUT2D eigenvalue weighted by Gasteiger charge is 2.44. The lowest BCUT2D eigenvalue weighted by molar-refractivity contribution is 0.0210. The molecule has 0 aromatic rings. The highest BCUT2D eigenvalue weighted by Crippen LogP contribution is 2.30. The van der Waals surface area contributed by atoms with Crippen LogP contribution in [0.4, 0.5) is 0 Å². The zero-order valence-corrected chi connectivity index (χ0v) is 12.5. The van der Waals surface area contributed by atoms with Crippen LogP contribution in [0.2, 0.25) is 0 Å². The van der Waals surface area contributed by atoms with Crippen molar-refractivity contribution in [1.82, 2.24) is 14.7 Å². The van der Waals surface area contributed by atoms with Crippen LogP contribution in [0.5, 0.6) is 0 Å². The van der Waals surface area contributed by atoms with Crippen molar-refractivity contribution in [2.45, 2.75) is 44.8 Å². The molecule has 2 heterocycles. The minimum Gasteiger partial charge on any atom is -0.329 e. The fourth-order valence-electron chi connectivity index (χ4n) is 3.36. The number of hydrogen-bond donors (Lipinski definition) is 1. The van der Waals surface area contributed by atoms with Crippen molar-refractivity contribution in [2.24, 2.45) is 5.73 Å². The van der Waals surface area contributed by atoms with Crippen LogP contribution < -0.4 is 5.73 Å². The molecule has 2 aliphatic rings. The predicted octanol–water partition coefficient (Wildman–Crippen LogP) is 0.434. The van der Waals surface area contributed by atoms with Crippen molar-refractivity contribution < 1.29 is 0 Å². The second-order valence-corrected chi connectivity index (χ2v) is 6.52. The van der Waals surface area contributed by atoms with Gasteiger partial charge in [0.2, 0.25) is 0 Å². The van der Waals surface area contributed by atoms with Crippen LogP contribution in [-0.4, -0.2) is 78.6 Å². The van der Waals surface area contributed by atoms with Gasteiger partial charge in [-0.05, 0) is 34.2 Å². The van der Waals surface area contributed by atoms with Gasteiger partial charge in [0.05, 0.1) is 0 Å². The molecule has 2 aliphatic heterocycles. The van der Waals surface area contributed by atoms with E-state index in [2.05, 4.69) is 42.5 Å². The molecule has 0 bridgehead atoms. The van der Waals surface area contributed by atoms with E-state index in [-0.39, 0.29) is 5.54 Å². The van der Waals surface area contributed by atoms with Crippen LogP contribution in [-0.2, 0) is 0 Å². The molecule has 0 radical (unpaired) electrons. The Kier molecular flexibility index (Phi) is 4.32. The van der Waals surface area contributed by atoms with Crippen LogP contribution in [0.1, 0.15) is 27.2 Å². The van der Waals surface area contributed by atoms with Gasteiger partial charge in [-0.2, -0.15) is 0 Å². The van der Waals surface area contributed by atoms with Crippen LogP contribution in [0.3, 0.4) is 0 Å². The Bertz CT molecular complexity index is 281. The molecule has 18 heavy (non-hydrogen) atoms. The molecule has 4 heteroatoms. The summed E-state index contributed by atoms with van der Waals surface area (Å²) in [5, 5.41) is 0. The maximum absolute atomic E-state index is 6.16. The first kappa shape index (κ1) is 14.3. The Hall–Kier alpha value is -0.160. The third-order valence-corrected chi connectivity index (χ3v) is 5.10. The SMILES string of the molecule is CC1CN(C2(CN)CCN(C(C)C)C2)CCN1C. The fourth-order valence-corrected chi connectivity index (χ4v) is 3.36. The first-order chi connectivity index (χ1) is 8.48. The van der Waals surface area contributed by atoms with Crippen molar-refractivity contribution in [2.75, 3.05) is 46.3 Å². The van der Waals surface area contributed by atoms with Crippen molar-refractivity contribution in [3.05, 3.63) is 0 Å². The number of likely N-dealkylation sites (tertiary alicyclic amines) is 1. The van der Waals surface area contributed by atoms with Gasteiger partial charge in [0, 0.05) is 56.9 Å². The van der Waals surface area contributed by atoms with Crippen LogP contribution >= 0.6 is 0 Å². The zero-order valence-electron chi connectivity index (χ0n) is 12.5. The highest BCUT2D eigenvalue weighted by atomic mass is 15.4. The average Bonchev–Trinajstić information content (AvgIpc) is 2.78. The summed E-state index contributed by atoms with van der Waals surface area (Å²) in [6.07, 6.45) is 1.23. The minimum absolute atomic E-state index is 0.236. The second-order valence-electron chi connectivity index (χ2n) is 6.52. The van der Waals surface area contributed by atoms with E-state index in [0.717, 1.165) is 13.1 Å². The number of hydrogen-bond acceptors (Lipinski definition) is 4. The van der Waals surface area contributed by atoms with E-state index in [4.69, 9.17) is 5.73 Å². The molecule has 2 atom stereocenters. The van der Waals surface area contributed by atoms with E-state index in [0.29, 0.717) is 12.1 Å². The topological polar surface area (TPSA) is 35.7 Å². The van der Waals surface area contributed by atoms with Gasteiger partial charge in [-0.1, -0.05) is 0 Å². The van der Waals surface area contributed by atoms with E-state index in [1.807, 2.05) is 0 Å². The fraction of sp³-hybridized carbons (Fsp3) is 1.00. The van der Waals surface area contributed by atoms with Gasteiger partial charge in [0.25, 0.3) is 0 Å². The molecule has 2 N–H and O–H groups in total. The summed E-state index contributed by atoms with van der Waals surface area (Å²) in [5.41, 5.74) is 6.40. The largest absolute Gasteiger partial charge is 0.329 e. The molecular weight excluding hydrogens is 224 g/mol. The van der Waals surface area contributed by atoms with Gasteiger partial charge >= 0.3 is 0 Å². The average molecular weight is 254 g/mol. The molecular formula is C14H30N4. The van der Waals surface area contributed by atoms with Gasteiger partial charge in [-0.15, -0.1) is 0 Å². The lowest BCUT2D eigenvalue weighted by Gasteiger charge is -2.47. The third-order valence-electron chi connectivity index (χ3n) is 5.10. The van der Waals surface area contributed by atoms with Crippen LogP contribution in [0.15, 0.2) is 0 Å². The molecule has 106 valence electrons. The van der Waals surface area contributed by atoms with Crippen molar-refractivity contribution in [3.8, 4) is 0 Å². The van der Waals surface area contributed by atoms with E-state index >= 15 is 0 Å². The molecule has 4 nitrogen and oxygen atoms in total. The number of nitrogens with zero attached hydrogens (tertiary/aromatic N) is 3. The summed E-state index contributed by atoms with van der Waals surface area (Å²) in [6.45, 7) is 13.6. The molecule has 0 amide bonds. The van der Waals surface area contributed by atoms with Crippen LogP contribution in [0.25, 0.3) is 0 Å². The first-order valence-corrected chi connectivity index (χ1v) is 7.38.